The maximum Gasteiger partial charge on any atom is 0.0484 e. The smallest absolute Gasteiger partial charge is 0.0484 e. The summed E-state index contributed by atoms with van der Waals surface area (Å²) in [5, 5.41) is 2.61. The Bertz CT molecular complexity index is 1930. The summed E-state index contributed by atoms with van der Waals surface area (Å²) < 4.78 is 0. The number of fused-ring (bicyclic) bond motifs is 5. The molecule has 0 unspecified atom stereocenters. The van der Waals surface area contributed by atoms with E-state index in [9.17, 15) is 0 Å². The first-order valence-corrected chi connectivity index (χ1v) is 15.3. The highest BCUT2D eigenvalue weighted by molar-refractivity contribution is 6.02. The van der Waals surface area contributed by atoms with E-state index in [1.165, 1.54) is 61.0 Å². The van der Waals surface area contributed by atoms with E-state index in [1.807, 2.05) is 18.2 Å². The Morgan fingerprint density at radius 2 is 1.39 bits per heavy atom. The average Bonchev–Trinajstić information content (AvgIpc) is 3.29. The van der Waals surface area contributed by atoms with Gasteiger partial charge in [-0.3, -0.25) is 0 Å². The highest BCUT2D eigenvalue weighted by Gasteiger charge is 2.37. The number of rotatable bonds is 9. The SMILES string of the molecule is C=C\C=C/C=C(C)/C(=C/C=C)CN(c1ccc(-c2ccccc2)cc1)c1ccc2c(c1)C(C)(C)c1ccc3ccccc3c1-2. The Morgan fingerprint density at radius 1 is 0.682 bits per heavy atom. The van der Waals surface area contributed by atoms with E-state index in [4.69, 9.17) is 0 Å². The van der Waals surface area contributed by atoms with Crippen LogP contribution in [0.15, 0.2) is 170 Å². The van der Waals surface area contributed by atoms with E-state index < -0.39 is 0 Å². The molecule has 0 fully saturated rings. The standard InChI is InChI=1S/C43H39N/c1-6-8-10-16-31(3)35(15-7-2)30-44(36-24-21-33(22-25-36)32-17-11-9-12-18-32)37-26-27-39-41(29-37)43(4,5)40-28-23-34-19-13-14-20-38(34)42(39)40/h6-29H,1-2,30H2,3-5H3/b10-8-,31-16+,35-15+. The van der Waals surface area contributed by atoms with Gasteiger partial charge in [-0.1, -0.05) is 148 Å². The van der Waals surface area contributed by atoms with E-state index in [0.29, 0.717) is 6.54 Å². The number of allylic oxidation sites excluding steroid dienone is 6. The quantitative estimate of drug-likeness (QED) is 0.160. The minimum Gasteiger partial charge on any atom is -0.337 e. The molecule has 216 valence electrons. The Labute approximate surface area is 262 Å². The summed E-state index contributed by atoms with van der Waals surface area (Å²) in [7, 11) is 0. The predicted octanol–water partition coefficient (Wildman–Crippen LogP) is 11.8. The van der Waals surface area contributed by atoms with E-state index in [0.717, 1.165) is 5.69 Å². The van der Waals surface area contributed by atoms with Crippen LogP contribution < -0.4 is 4.90 Å². The lowest BCUT2D eigenvalue weighted by Crippen LogP contribution is -2.22. The molecule has 1 heteroatoms. The van der Waals surface area contributed by atoms with Crippen molar-refractivity contribution in [3.05, 3.63) is 181 Å². The zero-order valence-electron chi connectivity index (χ0n) is 25.9. The van der Waals surface area contributed by atoms with Crippen molar-refractivity contribution in [1.29, 1.82) is 0 Å². The fourth-order valence-electron chi connectivity index (χ4n) is 6.47. The van der Waals surface area contributed by atoms with Crippen LogP contribution in [0.1, 0.15) is 31.9 Å². The lowest BCUT2D eigenvalue weighted by atomic mass is 9.82. The number of anilines is 2. The van der Waals surface area contributed by atoms with Crippen LogP contribution in [0.2, 0.25) is 0 Å². The van der Waals surface area contributed by atoms with Crippen LogP contribution in [-0.2, 0) is 5.41 Å². The first-order chi connectivity index (χ1) is 21.4. The van der Waals surface area contributed by atoms with Crippen LogP contribution in [0.5, 0.6) is 0 Å². The molecule has 0 heterocycles. The van der Waals surface area contributed by atoms with Gasteiger partial charge in [0.2, 0.25) is 0 Å². The molecule has 0 aliphatic heterocycles. The third-order valence-corrected chi connectivity index (χ3v) is 8.89. The second-order valence-corrected chi connectivity index (χ2v) is 12.0. The lowest BCUT2D eigenvalue weighted by Gasteiger charge is -2.29. The number of hydrogen-bond donors (Lipinski definition) is 0. The molecule has 0 aromatic heterocycles. The molecule has 1 nitrogen and oxygen atoms in total. The van der Waals surface area contributed by atoms with Gasteiger partial charge < -0.3 is 4.90 Å². The largest absolute Gasteiger partial charge is 0.337 e. The van der Waals surface area contributed by atoms with Gasteiger partial charge in [-0.15, -0.1) is 0 Å². The first kappa shape index (κ1) is 29.0. The van der Waals surface area contributed by atoms with E-state index in [-0.39, 0.29) is 5.41 Å². The molecule has 5 aromatic carbocycles. The van der Waals surface area contributed by atoms with Gasteiger partial charge in [-0.05, 0) is 86.5 Å². The van der Waals surface area contributed by atoms with Gasteiger partial charge >= 0.3 is 0 Å². The minimum atomic E-state index is -0.112. The number of benzene rings is 5. The molecule has 0 amide bonds. The molecule has 0 saturated heterocycles. The Morgan fingerprint density at radius 3 is 2.14 bits per heavy atom. The van der Waals surface area contributed by atoms with E-state index in [2.05, 4.69) is 160 Å². The average molecular weight is 570 g/mol. The Kier molecular flexibility index (Phi) is 8.05. The van der Waals surface area contributed by atoms with Crippen LogP contribution >= 0.6 is 0 Å². The summed E-state index contributed by atoms with van der Waals surface area (Å²) in [6.45, 7) is 15.4. The zero-order chi connectivity index (χ0) is 30.7. The molecular weight excluding hydrogens is 530 g/mol. The van der Waals surface area contributed by atoms with Gasteiger partial charge in [0.05, 0.1) is 0 Å². The first-order valence-electron chi connectivity index (χ1n) is 15.3. The van der Waals surface area contributed by atoms with Crippen molar-refractivity contribution in [3.63, 3.8) is 0 Å². The van der Waals surface area contributed by atoms with E-state index >= 15 is 0 Å². The maximum atomic E-state index is 4.04. The van der Waals surface area contributed by atoms with Crippen molar-refractivity contribution < 1.29 is 0 Å². The molecule has 44 heavy (non-hydrogen) atoms. The van der Waals surface area contributed by atoms with Crippen molar-refractivity contribution in [3.8, 4) is 22.3 Å². The van der Waals surface area contributed by atoms with Gasteiger partial charge in [0.1, 0.15) is 0 Å². The molecule has 0 N–H and O–H groups in total. The van der Waals surface area contributed by atoms with Crippen LogP contribution in [-0.4, -0.2) is 6.54 Å². The molecule has 1 aliphatic rings. The lowest BCUT2D eigenvalue weighted by molar-refractivity contribution is 0.660. The summed E-state index contributed by atoms with van der Waals surface area (Å²) in [6, 6.07) is 39.9. The van der Waals surface area contributed by atoms with Gasteiger partial charge in [0.15, 0.2) is 0 Å². The van der Waals surface area contributed by atoms with Crippen LogP contribution in [0.3, 0.4) is 0 Å². The van der Waals surface area contributed by atoms with Gasteiger partial charge in [-0.2, -0.15) is 0 Å². The monoisotopic (exact) mass is 569 g/mol. The van der Waals surface area contributed by atoms with Gasteiger partial charge in [0, 0.05) is 23.3 Å². The molecule has 6 rings (SSSR count). The van der Waals surface area contributed by atoms with Crippen molar-refractivity contribution in [2.24, 2.45) is 0 Å². The van der Waals surface area contributed by atoms with E-state index in [1.54, 1.807) is 6.08 Å². The molecule has 0 spiro atoms. The van der Waals surface area contributed by atoms with Crippen LogP contribution in [0.4, 0.5) is 11.4 Å². The summed E-state index contributed by atoms with van der Waals surface area (Å²) in [6.07, 6.45) is 11.9. The predicted molar refractivity (Wildman–Crippen MR) is 192 cm³/mol. The minimum absolute atomic E-state index is 0.112. The second kappa shape index (κ2) is 12.2. The van der Waals surface area contributed by atoms with Crippen LogP contribution in [0, 0.1) is 0 Å². The topological polar surface area (TPSA) is 3.24 Å². The van der Waals surface area contributed by atoms with Crippen molar-refractivity contribution in [2.75, 3.05) is 11.4 Å². The number of nitrogens with zero attached hydrogens (tertiary/aromatic N) is 1. The summed E-state index contributed by atoms with van der Waals surface area (Å²) in [4.78, 5) is 2.43. The zero-order valence-corrected chi connectivity index (χ0v) is 25.9. The molecule has 0 atom stereocenters. The van der Waals surface area contributed by atoms with Gasteiger partial charge in [0.25, 0.3) is 0 Å². The summed E-state index contributed by atoms with van der Waals surface area (Å²) >= 11 is 0. The Balaban J connectivity index is 1.47. The van der Waals surface area contributed by atoms with Crippen molar-refractivity contribution in [2.45, 2.75) is 26.2 Å². The highest BCUT2D eigenvalue weighted by Crippen LogP contribution is 2.52. The molecule has 0 radical (unpaired) electrons. The second-order valence-electron chi connectivity index (χ2n) is 12.0. The van der Waals surface area contributed by atoms with Gasteiger partial charge in [-0.25, -0.2) is 0 Å². The third-order valence-electron chi connectivity index (χ3n) is 8.89. The van der Waals surface area contributed by atoms with Crippen LogP contribution in [0.25, 0.3) is 33.0 Å². The molecule has 1 aliphatic carbocycles. The molecule has 0 bridgehead atoms. The summed E-state index contributed by atoms with van der Waals surface area (Å²) in [5.41, 5.74) is 12.5. The summed E-state index contributed by atoms with van der Waals surface area (Å²) in [5.74, 6) is 0. The highest BCUT2D eigenvalue weighted by atomic mass is 15.1. The number of hydrogen-bond acceptors (Lipinski definition) is 1. The molecular formula is C43H39N. The fourth-order valence-corrected chi connectivity index (χ4v) is 6.47. The van der Waals surface area contributed by atoms with Crippen molar-refractivity contribution >= 4 is 22.1 Å². The fraction of sp³-hybridized carbons (Fsp3) is 0.116. The normalized spacial score (nSPS) is 14.0. The molecule has 5 aromatic rings. The Hall–Kier alpha value is -5.14. The maximum absolute atomic E-state index is 4.04. The molecule has 0 saturated carbocycles. The van der Waals surface area contributed by atoms with Crippen molar-refractivity contribution in [1.82, 2.24) is 0 Å². The third kappa shape index (κ3) is 5.38.